The number of carbonyl (C=O) groups is 1. The molecule has 0 radical (unpaired) electrons. The van der Waals surface area contributed by atoms with Crippen LogP contribution in [-0.2, 0) is 11.2 Å². The van der Waals surface area contributed by atoms with Gasteiger partial charge in [0.1, 0.15) is 12.4 Å². The molecule has 0 saturated carbocycles. The fourth-order valence-corrected chi connectivity index (χ4v) is 4.48. The molecule has 2 atom stereocenters. The van der Waals surface area contributed by atoms with Gasteiger partial charge in [-0.15, -0.1) is 12.4 Å². The van der Waals surface area contributed by atoms with Gasteiger partial charge >= 0.3 is 6.09 Å². The zero-order valence-corrected chi connectivity index (χ0v) is 18.7. The van der Waals surface area contributed by atoms with Gasteiger partial charge in [0.15, 0.2) is 0 Å². The molecule has 2 aliphatic heterocycles. The maximum atomic E-state index is 12.3. The van der Waals surface area contributed by atoms with Crippen molar-refractivity contribution < 1.29 is 14.3 Å². The van der Waals surface area contributed by atoms with Crippen LogP contribution in [0.5, 0.6) is 5.75 Å². The molecule has 1 aromatic rings. The van der Waals surface area contributed by atoms with Crippen LogP contribution >= 0.6 is 12.4 Å². The number of nitrogens with zero attached hydrogens (tertiary/aromatic N) is 2. The first-order valence-corrected chi connectivity index (χ1v) is 10.7. The minimum absolute atomic E-state index is 0. The van der Waals surface area contributed by atoms with Gasteiger partial charge in [-0.25, -0.2) is 4.79 Å². The van der Waals surface area contributed by atoms with Crippen molar-refractivity contribution in [1.82, 2.24) is 15.1 Å². The standard InChI is InChI=1S/C22H35N3O3.ClH/c1-4-27-21-11-6-5-8-18(21)9-7-10-19(24-14-12-23-13-15-24)20-16-28-22(26)25(20)17(2)3;/h5-6,8,11,17,19-20,23H,4,7,9-10,12-16H2,1-3H3;1H. The molecule has 1 N–H and O–H groups in total. The van der Waals surface area contributed by atoms with Crippen LogP contribution in [0.25, 0.3) is 0 Å². The summed E-state index contributed by atoms with van der Waals surface area (Å²) in [4.78, 5) is 16.8. The highest BCUT2D eigenvalue weighted by Crippen LogP contribution is 2.27. The van der Waals surface area contributed by atoms with Crippen molar-refractivity contribution in [1.29, 1.82) is 0 Å². The molecule has 2 fully saturated rings. The molecule has 2 saturated heterocycles. The first kappa shape index (κ1) is 23.8. The van der Waals surface area contributed by atoms with E-state index in [9.17, 15) is 4.79 Å². The van der Waals surface area contributed by atoms with Gasteiger partial charge < -0.3 is 14.8 Å². The molecule has 6 nitrogen and oxygen atoms in total. The van der Waals surface area contributed by atoms with Crippen molar-refractivity contribution in [2.24, 2.45) is 0 Å². The summed E-state index contributed by atoms with van der Waals surface area (Å²) in [7, 11) is 0. The Morgan fingerprint density at radius 3 is 2.66 bits per heavy atom. The highest BCUT2D eigenvalue weighted by molar-refractivity contribution is 5.85. The molecule has 164 valence electrons. The maximum absolute atomic E-state index is 12.3. The van der Waals surface area contributed by atoms with Gasteiger partial charge in [-0.1, -0.05) is 18.2 Å². The SMILES string of the molecule is CCOc1ccccc1CCCC(C1COC(=O)N1C(C)C)N1CCNCC1.Cl. The summed E-state index contributed by atoms with van der Waals surface area (Å²) in [5.74, 6) is 0.993. The van der Waals surface area contributed by atoms with Crippen molar-refractivity contribution in [3.63, 3.8) is 0 Å². The van der Waals surface area contributed by atoms with Gasteiger partial charge in [0.05, 0.1) is 12.6 Å². The number of hydrogen-bond donors (Lipinski definition) is 1. The molecule has 29 heavy (non-hydrogen) atoms. The molecule has 0 bridgehead atoms. The molecule has 0 spiro atoms. The lowest BCUT2D eigenvalue weighted by Gasteiger charge is -2.41. The van der Waals surface area contributed by atoms with Crippen molar-refractivity contribution in [3.05, 3.63) is 29.8 Å². The highest BCUT2D eigenvalue weighted by atomic mass is 35.5. The summed E-state index contributed by atoms with van der Waals surface area (Å²) in [6, 6.07) is 8.94. The van der Waals surface area contributed by atoms with Gasteiger partial charge in [0.25, 0.3) is 0 Å². The summed E-state index contributed by atoms with van der Waals surface area (Å²) in [5, 5.41) is 3.44. The molecule has 1 aromatic carbocycles. The van der Waals surface area contributed by atoms with E-state index < -0.39 is 0 Å². The lowest BCUT2D eigenvalue weighted by molar-refractivity contribution is 0.0852. The molecule has 1 amide bonds. The Morgan fingerprint density at radius 2 is 1.97 bits per heavy atom. The molecule has 0 aromatic heterocycles. The number of amides is 1. The zero-order valence-electron chi connectivity index (χ0n) is 17.9. The third-order valence-electron chi connectivity index (χ3n) is 5.79. The predicted molar refractivity (Wildman–Crippen MR) is 118 cm³/mol. The lowest BCUT2D eigenvalue weighted by Crippen LogP contribution is -2.57. The van der Waals surface area contributed by atoms with Crippen LogP contribution < -0.4 is 10.1 Å². The minimum atomic E-state index is -0.165. The van der Waals surface area contributed by atoms with E-state index in [2.05, 4.69) is 42.3 Å². The molecular weight excluding hydrogens is 390 g/mol. The molecule has 7 heteroatoms. The van der Waals surface area contributed by atoms with Crippen LogP contribution in [0.1, 0.15) is 39.2 Å². The summed E-state index contributed by atoms with van der Waals surface area (Å²) in [5.41, 5.74) is 1.27. The Balaban J connectivity index is 0.00000300. The van der Waals surface area contributed by atoms with E-state index in [0.29, 0.717) is 19.3 Å². The van der Waals surface area contributed by atoms with E-state index in [0.717, 1.165) is 51.2 Å². The number of carbonyl (C=O) groups excluding carboxylic acids is 1. The van der Waals surface area contributed by atoms with Gasteiger partial charge in [-0.3, -0.25) is 9.80 Å². The third-order valence-corrected chi connectivity index (χ3v) is 5.79. The number of nitrogens with one attached hydrogen (secondary N) is 1. The van der Waals surface area contributed by atoms with E-state index in [1.807, 2.05) is 17.9 Å². The molecular formula is C22H36ClN3O3. The van der Waals surface area contributed by atoms with E-state index in [1.165, 1.54) is 5.56 Å². The quantitative estimate of drug-likeness (QED) is 0.657. The summed E-state index contributed by atoms with van der Waals surface area (Å²) in [6.45, 7) is 11.4. The largest absolute Gasteiger partial charge is 0.494 e. The Labute approximate surface area is 181 Å². The van der Waals surface area contributed by atoms with Crippen molar-refractivity contribution in [2.75, 3.05) is 39.4 Å². The first-order chi connectivity index (χ1) is 13.6. The van der Waals surface area contributed by atoms with Crippen LogP contribution in [0.15, 0.2) is 24.3 Å². The summed E-state index contributed by atoms with van der Waals surface area (Å²) >= 11 is 0. The second-order valence-electron chi connectivity index (χ2n) is 7.93. The normalized spacial score (nSPS) is 21.0. The first-order valence-electron chi connectivity index (χ1n) is 10.7. The maximum Gasteiger partial charge on any atom is 0.410 e. The zero-order chi connectivity index (χ0) is 19.9. The van der Waals surface area contributed by atoms with Crippen LogP contribution in [-0.4, -0.2) is 73.4 Å². The predicted octanol–water partition coefficient (Wildman–Crippen LogP) is 3.33. The Bertz CT molecular complexity index is 637. The van der Waals surface area contributed by atoms with Crippen LogP contribution in [0.4, 0.5) is 4.79 Å². The number of para-hydroxylation sites is 1. The van der Waals surface area contributed by atoms with Crippen molar-refractivity contribution in [2.45, 2.75) is 58.2 Å². The second-order valence-corrected chi connectivity index (χ2v) is 7.93. The lowest BCUT2D eigenvalue weighted by atomic mass is 9.96. The van der Waals surface area contributed by atoms with Gasteiger partial charge in [-0.05, 0) is 51.7 Å². The van der Waals surface area contributed by atoms with E-state index >= 15 is 0 Å². The van der Waals surface area contributed by atoms with E-state index in [1.54, 1.807) is 0 Å². The number of hydrogen-bond acceptors (Lipinski definition) is 5. The molecule has 2 aliphatic rings. The Morgan fingerprint density at radius 1 is 1.24 bits per heavy atom. The van der Waals surface area contributed by atoms with Crippen LogP contribution in [0.3, 0.4) is 0 Å². The molecule has 2 unspecified atom stereocenters. The van der Waals surface area contributed by atoms with Crippen molar-refractivity contribution in [3.8, 4) is 5.75 Å². The number of halogens is 1. The topological polar surface area (TPSA) is 54.0 Å². The third kappa shape index (κ3) is 6.00. The highest BCUT2D eigenvalue weighted by Gasteiger charge is 2.41. The number of aryl methyl sites for hydroxylation is 1. The second kappa shape index (κ2) is 11.6. The average molecular weight is 426 g/mol. The van der Waals surface area contributed by atoms with E-state index in [-0.39, 0.29) is 30.6 Å². The average Bonchev–Trinajstić information content (AvgIpc) is 3.09. The smallest absolute Gasteiger partial charge is 0.410 e. The fraction of sp³-hybridized carbons (Fsp3) is 0.682. The van der Waals surface area contributed by atoms with E-state index in [4.69, 9.17) is 9.47 Å². The van der Waals surface area contributed by atoms with Crippen LogP contribution in [0.2, 0.25) is 0 Å². The van der Waals surface area contributed by atoms with Gasteiger partial charge in [0.2, 0.25) is 0 Å². The van der Waals surface area contributed by atoms with Crippen LogP contribution in [0, 0.1) is 0 Å². The molecule has 3 rings (SSSR count). The number of ether oxygens (including phenoxy) is 2. The summed E-state index contributed by atoms with van der Waals surface area (Å²) in [6.07, 6.45) is 2.93. The number of piperazine rings is 1. The van der Waals surface area contributed by atoms with Gasteiger partial charge in [0, 0.05) is 38.3 Å². The Kier molecular flexibility index (Phi) is 9.53. The fourth-order valence-electron chi connectivity index (χ4n) is 4.48. The monoisotopic (exact) mass is 425 g/mol. The number of rotatable bonds is 9. The van der Waals surface area contributed by atoms with Gasteiger partial charge in [-0.2, -0.15) is 0 Å². The number of benzene rings is 1. The summed E-state index contributed by atoms with van der Waals surface area (Å²) < 4.78 is 11.2. The molecule has 0 aliphatic carbocycles. The Hall–Kier alpha value is -1.50. The van der Waals surface area contributed by atoms with Crippen molar-refractivity contribution >= 4 is 18.5 Å². The number of cyclic esters (lactones) is 1. The minimum Gasteiger partial charge on any atom is -0.494 e. The molecule has 2 heterocycles.